The summed E-state index contributed by atoms with van der Waals surface area (Å²) in [6.07, 6.45) is 6.01. The van der Waals surface area contributed by atoms with Crippen molar-refractivity contribution in [2.75, 3.05) is 38.0 Å². The maximum atomic E-state index is 13.8. The minimum Gasteiger partial charge on any atom is -0.390 e. The molecule has 2 atom stereocenters. The number of aliphatic hydroxyl groups excluding tert-OH is 1. The molecule has 0 bridgehead atoms. The fourth-order valence-corrected chi connectivity index (χ4v) is 6.30. The standard InChI is InChI=1S/C31H37N7O3/c1-21(39)36-15-9-25(10-16-36)33-29-18-26(34-30(35-29)23-6-12-32-13-7-23)31(41)38-17-11-27(28(40)20-38)37-14-8-22-4-2-3-5-24(22)19-37/h2-7,12-13,18,25,27-28,40H,8-11,14-17,19-20H2,1H3,(H,33,34,35)/t27-,28-/m0/s1. The molecule has 3 aliphatic heterocycles. The topological polar surface area (TPSA) is 115 Å². The second-order valence-electron chi connectivity index (χ2n) is 11.3. The van der Waals surface area contributed by atoms with Crippen LogP contribution in [0.1, 0.15) is 47.8 Å². The highest BCUT2D eigenvalue weighted by atomic mass is 16.3. The van der Waals surface area contributed by atoms with Gasteiger partial charge in [0.15, 0.2) is 5.82 Å². The Labute approximate surface area is 240 Å². The number of aliphatic hydroxyl groups is 1. The molecule has 2 N–H and O–H groups in total. The molecule has 2 saturated heterocycles. The van der Waals surface area contributed by atoms with Crippen LogP contribution >= 0.6 is 0 Å². The van der Waals surface area contributed by atoms with Crippen molar-refractivity contribution in [2.45, 2.75) is 57.3 Å². The number of anilines is 1. The van der Waals surface area contributed by atoms with Crippen LogP contribution in [-0.4, -0.2) is 97.5 Å². The first-order valence-electron chi connectivity index (χ1n) is 14.5. The minimum atomic E-state index is -0.636. The summed E-state index contributed by atoms with van der Waals surface area (Å²) >= 11 is 0. The first kappa shape index (κ1) is 27.3. The minimum absolute atomic E-state index is 0.0169. The molecule has 0 radical (unpaired) electrons. The van der Waals surface area contributed by atoms with Gasteiger partial charge < -0.3 is 20.2 Å². The van der Waals surface area contributed by atoms with E-state index >= 15 is 0 Å². The zero-order chi connectivity index (χ0) is 28.3. The van der Waals surface area contributed by atoms with Gasteiger partial charge in [0, 0.05) is 82.3 Å². The SMILES string of the molecule is CC(=O)N1CCC(Nc2cc(C(=O)N3CC[C@H](N4CCc5ccccc5C4)[C@@H](O)C3)nc(-c3ccncc3)n2)CC1. The zero-order valence-electron chi connectivity index (χ0n) is 23.4. The van der Waals surface area contributed by atoms with Gasteiger partial charge >= 0.3 is 0 Å². The van der Waals surface area contributed by atoms with Gasteiger partial charge in [-0.15, -0.1) is 0 Å². The molecule has 0 saturated carbocycles. The number of pyridine rings is 1. The molecule has 0 spiro atoms. The van der Waals surface area contributed by atoms with Crippen LogP contribution in [0.4, 0.5) is 5.82 Å². The smallest absolute Gasteiger partial charge is 0.272 e. The first-order chi connectivity index (χ1) is 19.9. The van der Waals surface area contributed by atoms with Gasteiger partial charge in [-0.05, 0) is 48.9 Å². The Morgan fingerprint density at radius 2 is 1.66 bits per heavy atom. The Balaban J connectivity index is 1.17. The Bertz CT molecular complexity index is 1390. The van der Waals surface area contributed by atoms with Crippen molar-refractivity contribution >= 4 is 17.6 Å². The lowest BCUT2D eigenvalue weighted by molar-refractivity contribution is -0.129. The lowest BCUT2D eigenvalue weighted by Gasteiger charge is -2.43. The summed E-state index contributed by atoms with van der Waals surface area (Å²) < 4.78 is 0. The molecule has 10 heteroatoms. The van der Waals surface area contributed by atoms with Crippen molar-refractivity contribution in [3.05, 3.63) is 71.7 Å². The molecule has 214 valence electrons. The number of benzene rings is 1. The lowest BCUT2D eigenvalue weighted by atomic mass is 9.94. The van der Waals surface area contributed by atoms with Gasteiger partial charge in [0.25, 0.3) is 5.91 Å². The van der Waals surface area contributed by atoms with Crippen LogP contribution in [0.25, 0.3) is 11.4 Å². The largest absolute Gasteiger partial charge is 0.390 e. The molecule has 2 aromatic heterocycles. The van der Waals surface area contributed by atoms with Crippen LogP contribution in [-0.2, 0) is 17.8 Å². The molecular formula is C31H37N7O3. The number of aromatic nitrogens is 3. The number of fused-ring (bicyclic) bond motifs is 1. The average Bonchev–Trinajstić information content (AvgIpc) is 3.01. The number of nitrogens with one attached hydrogen (secondary N) is 1. The predicted octanol–water partition coefficient (Wildman–Crippen LogP) is 2.60. The fraction of sp³-hybridized carbons (Fsp3) is 0.452. The van der Waals surface area contributed by atoms with Gasteiger partial charge in [-0.25, -0.2) is 9.97 Å². The van der Waals surface area contributed by atoms with Crippen LogP contribution in [0.2, 0.25) is 0 Å². The van der Waals surface area contributed by atoms with Gasteiger partial charge in [-0.3, -0.25) is 19.5 Å². The van der Waals surface area contributed by atoms with Gasteiger partial charge in [-0.2, -0.15) is 0 Å². The monoisotopic (exact) mass is 555 g/mol. The van der Waals surface area contributed by atoms with Crippen molar-refractivity contribution in [3.63, 3.8) is 0 Å². The molecular weight excluding hydrogens is 518 g/mol. The molecule has 10 nitrogen and oxygen atoms in total. The normalized spacial score (nSPS) is 21.8. The fourth-order valence-electron chi connectivity index (χ4n) is 6.30. The molecule has 0 unspecified atom stereocenters. The second-order valence-corrected chi connectivity index (χ2v) is 11.3. The van der Waals surface area contributed by atoms with E-state index in [0.717, 1.165) is 37.9 Å². The highest BCUT2D eigenvalue weighted by Gasteiger charge is 2.36. The number of likely N-dealkylation sites (tertiary alicyclic amines) is 2. The van der Waals surface area contributed by atoms with E-state index in [4.69, 9.17) is 4.98 Å². The number of nitrogens with zero attached hydrogens (tertiary/aromatic N) is 6. The molecule has 5 heterocycles. The molecule has 41 heavy (non-hydrogen) atoms. The number of β-amino-alcohol motifs (C(OH)–C–C–N with tert-alkyl or cyclic N) is 1. The van der Waals surface area contributed by atoms with Crippen molar-refractivity contribution in [3.8, 4) is 11.4 Å². The summed E-state index contributed by atoms with van der Waals surface area (Å²) in [5.74, 6) is 0.913. The molecule has 0 aliphatic carbocycles. The van der Waals surface area contributed by atoms with Crippen LogP contribution in [0, 0.1) is 0 Å². The maximum absolute atomic E-state index is 13.8. The van der Waals surface area contributed by atoms with E-state index in [0.29, 0.717) is 43.4 Å². The third kappa shape index (κ3) is 6.08. The Hall–Kier alpha value is -3.89. The third-order valence-corrected chi connectivity index (χ3v) is 8.64. The maximum Gasteiger partial charge on any atom is 0.272 e. The van der Waals surface area contributed by atoms with Crippen molar-refractivity contribution in [2.24, 2.45) is 0 Å². The quantitative estimate of drug-likeness (QED) is 0.494. The number of piperidine rings is 2. The predicted molar refractivity (Wildman–Crippen MR) is 155 cm³/mol. The highest BCUT2D eigenvalue weighted by molar-refractivity contribution is 5.93. The third-order valence-electron chi connectivity index (χ3n) is 8.64. The van der Waals surface area contributed by atoms with E-state index < -0.39 is 6.10 Å². The van der Waals surface area contributed by atoms with Gasteiger partial charge in [0.05, 0.1) is 6.10 Å². The van der Waals surface area contributed by atoms with E-state index in [-0.39, 0.29) is 30.4 Å². The summed E-state index contributed by atoms with van der Waals surface area (Å²) in [6.45, 7) is 5.54. The van der Waals surface area contributed by atoms with Crippen molar-refractivity contribution < 1.29 is 14.7 Å². The van der Waals surface area contributed by atoms with Crippen LogP contribution in [0.15, 0.2) is 54.9 Å². The molecule has 2 amide bonds. The number of hydrogen-bond donors (Lipinski definition) is 2. The summed E-state index contributed by atoms with van der Waals surface area (Å²) in [5.41, 5.74) is 3.77. The highest BCUT2D eigenvalue weighted by Crippen LogP contribution is 2.27. The van der Waals surface area contributed by atoms with Crippen LogP contribution in [0.3, 0.4) is 0 Å². The summed E-state index contributed by atoms with van der Waals surface area (Å²) in [6, 6.07) is 14.0. The van der Waals surface area contributed by atoms with Gasteiger partial charge in [0.2, 0.25) is 5.91 Å². The summed E-state index contributed by atoms with van der Waals surface area (Å²) in [4.78, 5) is 44.9. The molecule has 2 fully saturated rings. The number of carbonyl (C=O) groups excluding carboxylic acids is 2. The second kappa shape index (κ2) is 11.9. The van der Waals surface area contributed by atoms with Crippen molar-refractivity contribution in [1.82, 2.24) is 29.7 Å². The van der Waals surface area contributed by atoms with E-state index in [9.17, 15) is 14.7 Å². The molecule has 3 aliphatic rings. The number of amides is 2. The van der Waals surface area contributed by atoms with Gasteiger partial charge in [0.1, 0.15) is 11.5 Å². The lowest BCUT2D eigenvalue weighted by Crippen LogP contribution is -2.56. The molecule has 6 rings (SSSR count). The summed E-state index contributed by atoms with van der Waals surface area (Å²) in [5, 5.41) is 14.7. The number of rotatable bonds is 5. The van der Waals surface area contributed by atoms with E-state index in [2.05, 4.69) is 44.5 Å². The van der Waals surface area contributed by atoms with E-state index in [1.165, 1.54) is 11.1 Å². The zero-order valence-corrected chi connectivity index (χ0v) is 23.4. The van der Waals surface area contributed by atoms with Crippen LogP contribution in [0.5, 0.6) is 0 Å². The van der Waals surface area contributed by atoms with Gasteiger partial charge in [-0.1, -0.05) is 24.3 Å². The van der Waals surface area contributed by atoms with Crippen LogP contribution < -0.4 is 5.32 Å². The Morgan fingerprint density at radius 1 is 0.927 bits per heavy atom. The number of carbonyl (C=O) groups is 2. The van der Waals surface area contributed by atoms with E-state index in [1.54, 1.807) is 30.3 Å². The molecule has 3 aromatic rings. The number of hydrogen-bond acceptors (Lipinski definition) is 8. The average molecular weight is 556 g/mol. The first-order valence-corrected chi connectivity index (χ1v) is 14.5. The Morgan fingerprint density at radius 3 is 2.39 bits per heavy atom. The van der Waals surface area contributed by atoms with Crippen molar-refractivity contribution in [1.29, 1.82) is 0 Å². The van der Waals surface area contributed by atoms with E-state index in [1.807, 2.05) is 17.0 Å². The Kier molecular flexibility index (Phi) is 7.93. The molecule has 1 aromatic carbocycles. The summed E-state index contributed by atoms with van der Waals surface area (Å²) in [7, 11) is 0.